The Morgan fingerprint density at radius 3 is 2.54 bits per heavy atom. The molecule has 0 radical (unpaired) electrons. The van der Waals surface area contributed by atoms with Crippen LogP contribution in [0.1, 0.15) is 20.7 Å². The maximum Gasteiger partial charge on any atom is 0.210 e. The molecule has 0 bridgehead atoms. The van der Waals surface area contributed by atoms with Crippen LogP contribution >= 0.6 is 11.6 Å². The second kappa shape index (κ2) is 6.95. The minimum atomic E-state index is -0.905. The SMILES string of the molecule is O=C1C(=NCCO)C(Nc2cccc(Cl)c2)C(=O)c2ccccc21. The van der Waals surface area contributed by atoms with E-state index in [1.54, 1.807) is 48.5 Å². The summed E-state index contributed by atoms with van der Waals surface area (Å²) in [6, 6.07) is 12.7. The molecule has 1 unspecified atom stereocenters. The van der Waals surface area contributed by atoms with E-state index in [0.29, 0.717) is 21.8 Å². The number of aliphatic hydroxyl groups excluding tert-OH is 1. The fraction of sp³-hybridized carbons (Fsp3) is 0.167. The van der Waals surface area contributed by atoms with Gasteiger partial charge in [-0.25, -0.2) is 0 Å². The molecule has 1 aliphatic carbocycles. The van der Waals surface area contributed by atoms with Crippen LogP contribution < -0.4 is 5.32 Å². The number of nitrogens with zero attached hydrogens (tertiary/aromatic N) is 1. The van der Waals surface area contributed by atoms with Crippen LogP contribution in [-0.2, 0) is 0 Å². The van der Waals surface area contributed by atoms with Crippen LogP contribution in [0.2, 0.25) is 5.02 Å². The van der Waals surface area contributed by atoms with Gasteiger partial charge in [0, 0.05) is 21.8 Å². The Bertz CT molecular complexity index is 833. The van der Waals surface area contributed by atoms with Crippen LogP contribution in [0.3, 0.4) is 0 Å². The number of fused-ring (bicyclic) bond motifs is 1. The average molecular weight is 343 g/mol. The lowest BCUT2D eigenvalue weighted by Gasteiger charge is -2.26. The Hall–Kier alpha value is -2.50. The lowest BCUT2D eigenvalue weighted by Crippen LogP contribution is -2.46. The first-order valence-electron chi connectivity index (χ1n) is 7.47. The molecular formula is C18H15ClN2O3. The summed E-state index contributed by atoms with van der Waals surface area (Å²) in [5.74, 6) is -0.542. The van der Waals surface area contributed by atoms with Crippen LogP contribution in [0, 0.1) is 0 Å². The third-order valence-corrected chi connectivity index (χ3v) is 3.96. The number of nitrogens with one attached hydrogen (secondary N) is 1. The Morgan fingerprint density at radius 1 is 1.08 bits per heavy atom. The van der Waals surface area contributed by atoms with Gasteiger partial charge in [0.25, 0.3) is 0 Å². The van der Waals surface area contributed by atoms with Gasteiger partial charge in [-0.15, -0.1) is 0 Å². The van der Waals surface area contributed by atoms with Crippen molar-refractivity contribution in [2.75, 3.05) is 18.5 Å². The highest BCUT2D eigenvalue weighted by Crippen LogP contribution is 2.24. The molecule has 0 saturated carbocycles. The molecule has 0 amide bonds. The number of carbonyl (C=O) groups is 2. The molecule has 0 aliphatic heterocycles. The van der Waals surface area contributed by atoms with Gasteiger partial charge in [-0.05, 0) is 18.2 Å². The molecule has 0 fully saturated rings. The zero-order valence-corrected chi connectivity index (χ0v) is 13.5. The second-order valence-electron chi connectivity index (χ2n) is 5.32. The lowest BCUT2D eigenvalue weighted by molar-refractivity contribution is 0.0954. The van der Waals surface area contributed by atoms with Crippen molar-refractivity contribution < 1.29 is 14.7 Å². The molecule has 0 aromatic heterocycles. The lowest BCUT2D eigenvalue weighted by atomic mass is 9.84. The van der Waals surface area contributed by atoms with Crippen molar-refractivity contribution in [2.45, 2.75) is 6.04 Å². The van der Waals surface area contributed by atoms with Crippen LogP contribution in [0.15, 0.2) is 53.5 Å². The van der Waals surface area contributed by atoms with Crippen molar-refractivity contribution in [3.8, 4) is 0 Å². The van der Waals surface area contributed by atoms with E-state index in [-0.39, 0.29) is 30.4 Å². The van der Waals surface area contributed by atoms with E-state index < -0.39 is 6.04 Å². The Kier molecular flexibility index (Phi) is 4.74. The molecular weight excluding hydrogens is 328 g/mol. The van der Waals surface area contributed by atoms with Crippen molar-refractivity contribution in [2.24, 2.45) is 4.99 Å². The molecule has 24 heavy (non-hydrogen) atoms. The first-order valence-corrected chi connectivity index (χ1v) is 7.85. The highest BCUT2D eigenvalue weighted by molar-refractivity contribution is 6.55. The number of hydrogen-bond donors (Lipinski definition) is 2. The minimum absolute atomic E-state index is 0.0598. The summed E-state index contributed by atoms with van der Waals surface area (Å²) in [6.45, 7) is -0.138. The minimum Gasteiger partial charge on any atom is -0.394 e. The summed E-state index contributed by atoms with van der Waals surface area (Å²) in [4.78, 5) is 29.7. The molecule has 1 aliphatic rings. The topological polar surface area (TPSA) is 78.8 Å². The van der Waals surface area contributed by atoms with Gasteiger partial charge in [0.2, 0.25) is 5.78 Å². The summed E-state index contributed by atoms with van der Waals surface area (Å²) < 4.78 is 0. The first kappa shape index (κ1) is 16.4. The molecule has 0 spiro atoms. The van der Waals surface area contributed by atoms with Gasteiger partial charge in [0.1, 0.15) is 11.8 Å². The van der Waals surface area contributed by atoms with E-state index in [1.807, 2.05) is 0 Å². The summed E-state index contributed by atoms with van der Waals surface area (Å²) in [5, 5.41) is 12.6. The smallest absolute Gasteiger partial charge is 0.210 e. The zero-order valence-electron chi connectivity index (χ0n) is 12.7. The average Bonchev–Trinajstić information content (AvgIpc) is 2.59. The number of halogens is 1. The number of aliphatic imine (C=N–C) groups is 1. The van der Waals surface area contributed by atoms with Crippen molar-refractivity contribution in [1.29, 1.82) is 0 Å². The van der Waals surface area contributed by atoms with Crippen molar-refractivity contribution in [1.82, 2.24) is 0 Å². The number of carbonyl (C=O) groups excluding carboxylic acids is 2. The summed E-state index contributed by atoms with van der Waals surface area (Å²) in [7, 11) is 0. The van der Waals surface area contributed by atoms with Crippen LogP contribution in [-0.4, -0.2) is 41.6 Å². The number of ketones is 2. The maximum atomic E-state index is 12.8. The molecule has 2 aromatic rings. The standard InChI is InChI=1S/C18H15ClN2O3/c19-11-4-3-5-12(10-11)21-16-15(20-8-9-22)17(23)13-6-1-2-7-14(13)18(16)24/h1-7,10,16,21-22H,8-9H2. The van der Waals surface area contributed by atoms with E-state index in [1.165, 1.54) is 0 Å². The summed E-state index contributed by atoms with van der Waals surface area (Å²) >= 11 is 5.97. The Morgan fingerprint density at radius 2 is 1.83 bits per heavy atom. The highest BCUT2D eigenvalue weighted by Gasteiger charge is 2.38. The van der Waals surface area contributed by atoms with Gasteiger partial charge in [0.05, 0.1) is 13.2 Å². The molecule has 2 aromatic carbocycles. The van der Waals surface area contributed by atoms with Gasteiger partial charge >= 0.3 is 0 Å². The van der Waals surface area contributed by atoms with E-state index in [4.69, 9.17) is 16.7 Å². The quantitative estimate of drug-likeness (QED) is 0.895. The highest BCUT2D eigenvalue weighted by atomic mass is 35.5. The number of hydrogen-bond acceptors (Lipinski definition) is 5. The molecule has 0 heterocycles. The van der Waals surface area contributed by atoms with Crippen molar-refractivity contribution in [3.63, 3.8) is 0 Å². The first-order chi connectivity index (χ1) is 11.6. The Labute approximate surface area is 144 Å². The van der Waals surface area contributed by atoms with Gasteiger partial charge in [-0.2, -0.15) is 0 Å². The van der Waals surface area contributed by atoms with Gasteiger partial charge in [-0.3, -0.25) is 14.6 Å². The van der Waals surface area contributed by atoms with Crippen LogP contribution in [0.25, 0.3) is 0 Å². The number of Topliss-reactive ketones (excluding diaryl/α,β-unsaturated/α-hetero) is 2. The van der Waals surface area contributed by atoms with E-state index in [2.05, 4.69) is 10.3 Å². The number of aliphatic hydroxyl groups is 1. The number of anilines is 1. The molecule has 3 rings (SSSR count). The van der Waals surface area contributed by atoms with Crippen LogP contribution in [0.5, 0.6) is 0 Å². The molecule has 0 saturated heterocycles. The molecule has 122 valence electrons. The third kappa shape index (κ3) is 3.09. The third-order valence-electron chi connectivity index (χ3n) is 3.72. The molecule has 5 nitrogen and oxygen atoms in total. The largest absolute Gasteiger partial charge is 0.394 e. The monoisotopic (exact) mass is 342 g/mol. The van der Waals surface area contributed by atoms with Gasteiger partial charge < -0.3 is 10.4 Å². The molecule has 1 atom stereocenters. The maximum absolute atomic E-state index is 12.8. The van der Waals surface area contributed by atoms with Gasteiger partial charge in [0.15, 0.2) is 5.78 Å². The summed E-state index contributed by atoms with van der Waals surface area (Å²) in [6.07, 6.45) is 0. The molecule has 6 heteroatoms. The normalized spacial score (nSPS) is 18.6. The van der Waals surface area contributed by atoms with E-state index >= 15 is 0 Å². The van der Waals surface area contributed by atoms with Gasteiger partial charge in [-0.1, -0.05) is 41.9 Å². The number of benzene rings is 2. The fourth-order valence-electron chi connectivity index (χ4n) is 2.66. The van der Waals surface area contributed by atoms with Crippen molar-refractivity contribution in [3.05, 3.63) is 64.7 Å². The predicted molar refractivity (Wildman–Crippen MR) is 93.4 cm³/mol. The van der Waals surface area contributed by atoms with Crippen LogP contribution in [0.4, 0.5) is 5.69 Å². The molecule has 2 N–H and O–H groups in total. The van der Waals surface area contributed by atoms with E-state index in [0.717, 1.165) is 0 Å². The Balaban J connectivity index is 2.04. The predicted octanol–water partition coefficient (Wildman–Crippen LogP) is 2.63. The zero-order chi connectivity index (χ0) is 17.1. The second-order valence-corrected chi connectivity index (χ2v) is 5.75. The number of rotatable bonds is 4. The summed E-state index contributed by atoms with van der Waals surface area (Å²) in [5.41, 5.74) is 1.42. The van der Waals surface area contributed by atoms with E-state index in [9.17, 15) is 9.59 Å². The van der Waals surface area contributed by atoms with Crippen molar-refractivity contribution >= 4 is 34.6 Å². The fourth-order valence-corrected chi connectivity index (χ4v) is 2.85.